The lowest BCUT2D eigenvalue weighted by atomic mass is 9.84. The van der Waals surface area contributed by atoms with Gasteiger partial charge in [0.15, 0.2) is 5.71 Å². The molecule has 6 nitrogen and oxygen atoms in total. The molecule has 1 atom stereocenters. The Labute approximate surface area is 139 Å². The highest BCUT2D eigenvalue weighted by Gasteiger charge is 2.37. The van der Waals surface area contributed by atoms with Gasteiger partial charge in [0.1, 0.15) is 0 Å². The number of carbonyl (C=O) groups is 2. The first-order valence-electron chi connectivity index (χ1n) is 7.04. The Kier molecular flexibility index (Phi) is 5.39. The van der Waals surface area contributed by atoms with Gasteiger partial charge in [0, 0.05) is 10.7 Å². The van der Waals surface area contributed by atoms with Gasteiger partial charge in [0.25, 0.3) is 0 Å². The molecule has 1 aromatic carbocycles. The van der Waals surface area contributed by atoms with Crippen LogP contribution in [0.1, 0.15) is 25.3 Å². The van der Waals surface area contributed by atoms with Crippen LogP contribution in [0.25, 0.3) is 0 Å². The summed E-state index contributed by atoms with van der Waals surface area (Å²) in [4.78, 5) is 24.4. The lowest BCUT2D eigenvalue weighted by molar-refractivity contribution is -0.138. The number of hydrogen-bond acceptors (Lipinski definition) is 6. The van der Waals surface area contributed by atoms with E-state index in [1.54, 1.807) is 38.1 Å². The Morgan fingerprint density at radius 3 is 2.70 bits per heavy atom. The summed E-state index contributed by atoms with van der Waals surface area (Å²) in [6.45, 7) is 3.64. The molecule has 1 heterocycles. The minimum Gasteiger partial charge on any atom is -0.464 e. The Hall–Kier alpha value is -2.34. The number of hydrazone groups is 1. The fraction of sp³-hybridized carbons (Fsp3) is 0.312. The molecule has 0 spiro atoms. The van der Waals surface area contributed by atoms with Crippen molar-refractivity contribution in [1.29, 1.82) is 0 Å². The number of rotatable bonds is 4. The van der Waals surface area contributed by atoms with E-state index in [-0.39, 0.29) is 12.3 Å². The fourth-order valence-corrected chi connectivity index (χ4v) is 2.58. The van der Waals surface area contributed by atoms with Gasteiger partial charge in [-0.1, -0.05) is 23.7 Å². The molecule has 1 aliphatic rings. The summed E-state index contributed by atoms with van der Waals surface area (Å²) in [5.74, 6) is -1.85. The van der Waals surface area contributed by atoms with E-state index in [4.69, 9.17) is 21.1 Å². The van der Waals surface area contributed by atoms with Crippen molar-refractivity contribution >= 4 is 29.3 Å². The topological polar surface area (TPSA) is 77.0 Å². The van der Waals surface area contributed by atoms with Crippen LogP contribution in [0.4, 0.5) is 0 Å². The van der Waals surface area contributed by atoms with E-state index in [2.05, 4.69) is 10.5 Å². The number of hydrogen-bond donors (Lipinski definition) is 1. The summed E-state index contributed by atoms with van der Waals surface area (Å²) in [5.41, 5.74) is 4.24. The van der Waals surface area contributed by atoms with Crippen molar-refractivity contribution in [3.8, 4) is 0 Å². The Bertz CT molecular complexity index is 697. The smallest absolute Gasteiger partial charge is 0.355 e. The second-order valence-corrected chi connectivity index (χ2v) is 5.28. The molecule has 0 amide bonds. The molecule has 0 radical (unpaired) electrons. The van der Waals surface area contributed by atoms with Crippen LogP contribution in [0, 0.1) is 0 Å². The van der Waals surface area contributed by atoms with Gasteiger partial charge in [-0.2, -0.15) is 5.10 Å². The van der Waals surface area contributed by atoms with Gasteiger partial charge in [-0.3, -0.25) is 5.43 Å². The molecule has 0 bridgehead atoms. The van der Waals surface area contributed by atoms with E-state index in [1.807, 2.05) is 0 Å². The van der Waals surface area contributed by atoms with Crippen molar-refractivity contribution in [3.63, 3.8) is 0 Å². The van der Waals surface area contributed by atoms with Gasteiger partial charge in [-0.25, -0.2) is 9.59 Å². The van der Waals surface area contributed by atoms with Gasteiger partial charge < -0.3 is 9.47 Å². The predicted molar refractivity (Wildman–Crippen MR) is 86.1 cm³/mol. The standard InChI is InChI=1S/C16H17ClN2O4/c1-4-23-15(20)12-9(2)18-19-14(16(21)22-3)13(12)10-6-5-7-11(17)8-10/h5-8,13,18H,4H2,1-3H3. The molecule has 1 N–H and O–H groups in total. The molecule has 7 heteroatoms. The Morgan fingerprint density at radius 1 is 1.35 bits per heavy atom. The molecule has 122 valence electrons. The lowest BCUT2D eigenvalue weighted by Gasteiger charge is -2.26. The lowest BCUT2D eigenvalue weighted by Crippen LogP contribution is -2.35. The van der Waals surface area contributed by atoms with Gasteiger partial charge in [-0.05, 0) is 31.5 Å². The number of methoxy groups -OCH3 is 1. The van der Waals surface area contributed by atoms with Gasteiger partial charge in [0.05, 0.1) is 25.2 Å². The number of nitrogens with zero attached hydrogens (tertiary/aromatic N) is 1. The van der Waals surface area contributed by atoms with Crippen molar-refractivity contribution in [2.45, 2.75) is 19.8 Å². The fourth-order valence-electron chi connectivity index (χ4n) is 2.38. The molecular weight excluding hydrogens is 320 g/mol. The highest BCUT2D eigenvalue weighted by Crippen LogP contribution is 2.33. The first-order chi connectivity index (χ1) is 11.0. The van der Waals surface area contributed by atoms with Crippen LogP contribution in [0.5, 0.6) is 0 Å². The minimum absolute atomic E-state index is 0.0726. The molecule has 1 aromatic rings. The largest absolute Gasteiger partial charge is 0.464 e. The third kappa shape index (κ3) is 3.53. The highest BCUT2D eigenvalue weighted by atomic mass is 35.5. The van der Waals surface area contributed by atoms with E-state index in [0.717, 1.165) is 0 Å². The molecule has 0 aliphatic carbocycles. The van der Waals surface area contributed by atoms with Gasteiger partial charge in [-0.15, -0.1) is 0 Å². The summed E-state index contributed by atoms with van der Waals surface area (Å²) < 4.78 is 9.90. The zero-order valence-corrected chi connectivity index (χ0v) is 13.8. The van der Waals surface area contributed by atoms with Crippen molar-refractivity contribution < 1.29 is 19.1 Å². The Balaban J connectivity index is 2.57. The normalized spacial score (nSPS) is 17.2. The van der Waals surface area contributed by atoms with E-state index in [1.165, 1.54) is 7.11 Å². The van der Waals surface area contributed by atoms with Crippen LogP contribution >= 0.6 is 11.6 Å². The maximum atomic E-state index is 12.4. The molecule has 1 aliphatic heterocycles. The molecule has 0 fully saturated rings. The molecule has 0 aromatic heterocycles. The van der Waals surface area contributed by atoms with Crippen LogP contribution in [-0.2, 0) is 19.1 Å². The zero-order chi connectivity index (χ0) is 17.0. The SMILES string of the molecule is CCOC(=O)C1=C(C)NN=C(C(=O)OC)C1c1cccc(Cl)c1. The number of nitrogens with one attached hydrogen (secondary N) is 1. The van der Waals surface area contributed by atoms with Crippen LogP contribution < -0.4 is 5.43 Å². The first-order valence-corrected chi connectivity index (χ1v) is 7.42. The molecule has 0 saturated carbocycles. The Morgan fingerprint density at radius 2 is 2.09 bits per heavy atom. The molecule has 0 saturated heterocycles. The van der Waals surface area contributed by atoms with Gasteiger partial charge >= 0.3 is 11.9 Å². The number of carbonyl (C=O) groups excluding carboxylic acids is 2. The number of ether oxygens (including phenoxy) is 2. The number of allylic oxidation sites excluding steroid dienone is 1. The summed E-state index contributed by atoms with van der Waals surface area (Å²) in [6, 6.07) is 6.91. The second kappa shape index (κ2) is 7.28. The van der Waals surface area contributed by atoms with Crippen LogP contribution in [0.15, 0.2) is 40.6 Å². The van der Waals surface area contributed by atoms with Gasteiger partial charge in [0.2, 0.25) is 0 Å². The average molecular weight is 337 g/mol. The summed E-state index contributed by atoms with van der Waals surface area (Å²) in [5, 5.41) is 4.54. The molecular formula is C16H17ClN2O4. The first kappa shape index (κ1) is 17.0. The monoisotopic (exact) mass is 336 g/mol. The van der Waals surface area contributed by atoms with E-state index in [0.29, 0.717) is 21.9 Å². The number of benzene rings is 1. The third-order valence-corrected chi connectivity index (χ3v) is 3.62. The number of esters is 2. The maximum Gasteiger partial charge on any atom is 0.355 e. The van der Waals surface area contributed by atoms with Crippen molar-refractivity contribution in [3.05, 3.63) is 46.1 Å². The quantitative estimate of drug-likeness (QED) is 0.854. The third-order valence-electron chi connectivity index (χ3n) is 3.38. The maximum absolute atomic E-state index is 12.4. The highest BCUT2D eigenvalue weighted by molar-refractivity contribution is 6.40. The second-order valence-electron chi connectivity index (χ2n) is 4.85. The predicted octanol–water partition coefficient (Wildman–Crippen LogP) is 2.39. The molecule has 2 rings (SSSR count). The number of halogens is 1. The average Bonchev–Trinajstić information content (AvgIpc) is 2.53. The van der Waals surface area contributed by atoms with Crippen LogP contribution in [-0.4, -0.2) is 31.4 Å². The molecule has 23 heavy (non-hydrogen) atoms. The summed E-state index contributed by atoms with van der Waals surface area (Å²) in [6.07, 6.45) is 0. The van der Waals surface area contributed by atoms with E-state index < -0.39 is 17.9 Å². The van der Waals surface area contributed by atoms with Crippen LogP contribution in [0.3, 0.4) is 0 Å². The van der Waals surface area contributed by atoms with Crippen molar-refractivity contribution in [1.82, 2.24) is 5.43 Å². The van der Waals surface area contributed by atoms with Crippen molar-refractivity contribution in [2.24, 2.45) is 5.10 Å². The summed E-state index contributed by atoms with van der Waals surface area (Å²) in [7, 11) is 1.26. The summed E-state index contributed by atoms with van der Waals surface area (Å²) >= 11 is 6.05. The van der Waals surface area contributed by atoms with Crippen molar-refractivity contribution in [2.75, 3.05) is 13.7 Å². The van der Waals surface area contributed by atoms with E-state index >= 15 is 0 Å². The molecule has 1 unspecified atom stereocenters. The minimum atomic E-state index is -0.707. The zero-order valence-electron chi connectivity index (χ0n) is 13.1. The van der Waals surface area contributed by atoms with E-state index in [9.17, 15) is 9.59 Å². The van der Waals surface area contributed by atoms with Crippen LogP contribution in [0.2, 0.25) is 5.02 Å².